The maximum absolute atomic E-state index is 14.3. The SMILES string of the molecule is CC[C@@H](C(=O)NCC(C)C)N(Cc1ccc(Cl)cc1Cl)C(=O)CN(c1cc(C)ccc1OC)S(=O)(=O)c1ccc(C)cc1. The number of methoxy groups -OCH3 is 1. The quantitative estimate of drug-likeness (QED) is 0.232. The Morgan fingerprint density at radius 3 is 2.19 bits per heavy atom. The molecule has 0 spiro atoms. The molecule has 0 unspecified atom stereocenters. The number of halogens is 2. The van der Waals surface area contributed by atoms with Crippen LogP contribution >= 0.6 is 23.2 Å². The monoisotopic (exact) mass is 647 g/mol. The van der Waals surface area contributed by atoms with Crippen molar-refractivity contribution in [3.8, 4) is 5.75 Å². The van der Waals surface area contributed by atoms with Gasteiger partial charge in [-0.1, -0.05) is 73.8 Å². The largest absolute Gasteiger partial charge is 0.495 e. The molecule has 0 bridgehead atoms. The number of ether oxygens (including phenoxy) is 1. The van der Waals surface area contributed by atoms with Gasteiger partial charge in [0.25, 0.3) is 10.0 Å². The molecule has 0 radical (unpaired) electrons. The van der Waals surface area contributed by atoms with E-state index in [2.05, 4.69) is 5.32 Å². The minimum Gasteiger partial charge on any atom is -0.495 e. The molecule has 232 valence electrons. The summed E-state index contributed by atoms with van der Waals surface area (Å²) in [5, 5.41) is 3.66. The summed E-state index contributed by atoms with van der Waals surface area (Å²) >= 11 is 12.6. The molecule has 0 aliphatic heterocycles. The molecule has 8 nitrogen and oxygen atoms in total. The molecular weight excluding hydrogens is 609 g/mol. The van der Waals surface area contributed by atoms with Crippen LogP contribution in [0.5, 0.6) is 5.75 Å². The molecule has 0 heterocycles. The lowest BCUT2D eigenvalue weighted by molar-refractivity contribution is -0.140. The summed E-state index contributed by atoms with van der Waals surface area (Å²) in [5.74, 6) is -0.448. The van der Waals surface area contributed by atoms with Crippen LogP contribution in [0.1, 0.15) is 43.9 Å². The molecule has 0 aliphatic rings. The van der Waals surface area contributed by atoms with Crippen molar-refractivity contribution in [2.45, 2.75) is 58.5 Å². The Labute approximate surface area is 265 Å². The number of carbonyl (C=O) groups excluding carboxylic acids is 2. The molecule has 0 aromatic heterocycles. The molecule has 3 rings (SSSR count). The number of sulfonamides is 1. The van der Waals surface area contributed by atoms with Crippen LogP contribution in [0.15, 0.2) is 65.6 Å². The van der Waals surface area contributed by atoms with Gasteiger partial charge in [0.05, 0.1) is 17.7 Å². The van der Waals surface area contributed by atoms with E-state index in [0.29, 0.717) is 28.6 Å². The first-order valence-corrected chi connectivity index (χ1v) is 16.2. The molecule has 43 heavy (non-hydrogen) atoms. The average Bonchev–Trinajstić information content (AvgIpc) is 2.95. The van der Waals surface area contributed by atoms with E-state index in [-0.39, 0.29) is 34.7 Å². The van der Waals surface area contributed by atoms with Crippen molar-refractivity contribution < 1.29 is 22.7 Å². The molecule has 11 heteroatoms. The Balaban J connectivity index is 2.14. The number of amides is 2. The third-order valence-corrected chi connectivity index (χ3v) is 9.28. The molecule has 1 N–H and O–H groups in total. The van der Waals surface area contributed by atoms with E-state index in [4.69, 9.17) is 27.9 Å². The predicted molar refractivity (Wildman–Crippen MR) is 172 cm³/mol. The smallest absolute Gasteiger partial charge is 0.264 e. The fourth-order valence-electron chi connectivity index (χ4n) is 4.52. The highest BCUT2D eigenvalue weighted by molar-refractivity contribution is 7.92. The summed E-state index contributed by atoms with van der Waals surface area (Å²) in [6, 6.07) is 15.5. The Morgan fingerprint density at radius 1 is 0.953 bits per heavy atom. The van der Waals surface area contributed by atoms with E-state index in [9.17, 15) is 18.0 Å². The predicted octanol–water partition coefficient (Wildman–Crippen LogP) is 6.39. The number of rotatable bonds is 13. The van der Waals surface area contributed by atoms with E-state index >= 15 is 0 Å². The van der Waals surface area contributed by atoms with Crippen molar-refractivity contribution in [1.29, 1.82) is 0 Å². The van der Waals surface area contributed by atoms with E-state index in [1.807, 2.05) is 27.7 Å². The normalized spacial score (nSPS) is 12.1. The summed E-state index contributed by atoms with van der Waals surface area (Å²) in [6.45, 7) is 9.22. The standard InChI is InChI=1S/C32H39Cl2N3O5S/c1-7-28(32(39)35-18-21(2)3)36(19-24-11-12-25(33)17-27(24)34)31(38)20-37(29-16-23(5)10-15-30(29)42-6)43(40,41)26-13-8-22(4)9-14-26/h8-17,21,28H,7,18-20H2,1-6H3,(H,35,39)/t28-/m0/s1. The van der Waals surface area contributed by atoms with Gasteiger partial charge in [-0.05, 0) is 73.7 Å². The number of hydrogen-bond acceptors (Lipinski definition) is 5. The number of anilines is 1. The molecule has 1 atom stereocenters. The zero-order valence-electron chi connectivity index (χ0n) is 25.4. The summed E-state index contributed by atoms with van der Waals surface area (Å²) in [5.41, 5.74) is 2.43. The van der Waals surface area contributed by atoms with Crippen molar-refractivity contribution in [2.75, 3.05) is 24.5 Å². The number of hydrogen-bond donors (Lipinski definition) is 1. The topological polar surface area (TPSA) is 96.0 Å². The van der Waals surface area contributed by atoms with Gasteiger partial charge < -0.3 is 15.0 Å². The number of benzene rings is 3. The second-order valence-electron chi connectivity index (χ2n) is 10.8. The van der Waals surface area contributed by atoms with E-state index in [1.54, 1.807) is 55.5 Å². The third-order valence-electron chi connectivity index (χ3n) is 6.92. The fraction of sp³-hybridized carbons (Fsp3) is 0.375. The van der Waals surface area contributed by atoms with Crippen LogP contribution in [0.4, 0.5) is 5.69 Å². The molecule has 0 fully saturated rings. The Hall–Kier alpha value is -3.27. The highest BCUT2D eigenvalue weighted by atomic mass is 35.5. The van der Waals surface area contributed by atoms with Gasteiger partial charge >= 0.3 is 0 Å². The van der Waals surface area contributed by atoms with Gasteiger partial charge in [0, 0.05) is 23.1 Å². The molecule has 3 aromatic rings. The highest BCUT2D eigenvalue weighted by Gasteiger charge is 2.35. The van der Waals surface area contributed by atoms with E-state index in [1.165, 1.54) is 24.1 Å². The number of nitrogens with zero attached hydrogens (tertiary/aromatic N) is 2. The van der Waals surface area contributed by atoms with Crippen LogP contribution < -0.4 is 14.4 Å². The Morgan fingerprint density at radius 2 is 1.60 bits per heavy atom. The van der Waals surface area contributed by atoms with Gasteiger partial charge in [0.1, 0.15) is 18.3 Å². The lowest BCUT2D eigenvalue weighted by Gasteiger charge is -2.34. The van der Waals surface area contributed by atoms with Crippen LogP contribution in [0.25, 0.3) is 0 Å². The molecule has 0 aliphatic carbocycles. The first kappa shape index (κ1) is 34.2. The number of carbonyl (C=O) groups is 2. The summed E-state index contributed by atoms with van der Waals surface area (Å²) in [4.78, 5) is 29.1. The lowest BCUT2D eigenvalue weighted by Crippen LogP contribution is -2.52. The van der Waals surface area contributed by atoms with Gasteiger partial charge in [-0.2, -0.15) is 0 Å². The van der Waals surface area contributed by atoms with E-state index in [0.717, 1.165) is 15.4 Å². The molecular formula is C32H39Cl2N3O5S. The second kappa shape index (κ2) is 14.9. The van der Waals surface area contributed by atoms with Crippen LogP contribution in [-0.4, -0.2) is 51.4 Å². The molecule has 0 saturated heterocycles. The minimum absolute atomic E-state index is 0.0171. The Kier molecular flexibility index (Phi) is 11.9. The maximum Gasteiger partial charge on any atom is 0.264 e. The van der Waals surface area contributed by atoms with Gasteiger partial charge in [-0.3, -0.25) is 13.9 Å². The summed E-state index contributed by atoms with van der Waals surface area (Å²) < 4.78 is 34.9. The maximum atomic E-state index is 14.3. The van der Waals surface area contributed by atoms with Crippen molar-refractivity contribution in [3.63, 3.8) is 0 Å². The van der Waals surface area contributed by atoms with Crippen molar-refractivity contribution in [3.05, 3.63) is 87.4 Å². The summed E-state index contributed by atoms with van der Waals surface area (Å²) in [7, 11) is -2.81. The molecule has 3 aromatic carbocycles. The lowest BCUT2D eigenvalue weighted by atomic mass is 10.1. The summed E-state index contributed by atoms with van der Waals surface area (Å²) in [6.07, 6.45) is 0.291. The Bertz CT molecular complexity index is 1550. The van der Waals surface area contributed by atoms with Gasteiger partial charge in [0.15, 0.2) is 0 Å². The fourth-order valence-corrected chi connectivity index (χ4v) is 6.41. The van der Waals surface area contributed by atoms with E-state index < -0.39 is 28.5 Å². The average molecular weight is 649 g/mol. The zero-order chi connectivity index (χ0) is 31.9. The van der Waals surface area contributed by atoms with Crippen LogP contribution in [0.2, 0.25) is 10.0 Å². The number of aryl methyl sites for hydroxylation is 2. The van der Waals surface area contributed by atoms with Gasteiger partial charge in [-0.25, -0.2) is 8.42 Å². The van der Waals surface area contributed by atoms with Gasteiger partial charge in [0.2, 0.25) is 11.8 Å². The van der Waals surface area contributed by atoms with Crippen molar-refractivity contribution in [2.24, 2.45) is 5.92 Å². The highest BCUT2D eigenvalue weighted by Crippen LogP contribution is 2.34. The second-order valence-corrected chi connectivity index (χ2v) is 13.5. The first-order chi connectivity index (χ1) is 20.3. The number of nitrogens with one attached hydrogen (secondary N) is 1. The van der Waals surface area contributed by atoms with Crippen LogP contribution in [0.3, 0.4) is 0 Å². The first-order valence-electron chi connectivity index (χ1n) is 14.0. The van der Waals surface area contributed by atoms with Gasteiger partial charge in [-0.15, -0.1) is 0 Å². The molecule has 0 saturated carbocycles. The zero-order valence-corrected chi connectivity index (χ0v) is 27.7. The third kappa shape index (κ3) is 8.65. The van der Waals surface area contributed by atoms with Crippen molar-refractivity contribution in [1.82, 2.24) is 10.2 Å². The van der Waals surface area contributed by atoms with Crippen molar-refractivity contribution >= 4 is 50.7 Å². The minimum atomic E-state index is -4.25. The van der Waals surface area contributed by atoms with Crippen LogP contribution in [-0.2, 0) is 26.2 Å². The van der Waals surface area contributed by atoms with Crippen LogP contribution in [0, 0.1) is 19.8 Å². The molecule has 2 amide bonds.